The number of fused-ring (bicyclic) bond motifs is 1. The van der Waals surface area contributed by atoms with Crippen LogP contribution in [0.25, 0.3) is 0 Å². The maximum atomic E-state index is 5.71. The van der Waals surface area contributed by atoms with Crippen molar-refractivity contribution in [1.82, 2.24) is 0 Å². The lowest BCUT2D eigenvalue weighted by molar-refractivity contribution is 0.419. The van der Waals surface area contributed by atoms with Crippen molar-refractivity contribution in [3.8, 4) is 18.1 Å². The van der Waals surface area contributed by atoms with Crippen molar-refractivity contribution in [3.63, 3.8) is 0 Å². The van der Waals surface area contributed by atoms with Crippen LogP contribution in [0.1, 0.15) is 25.3 Å². The van der Waals surface area contributed by atoms with E-state index in [1.54, 1.807) is 0 Å². The van der Waals surface area contributed by atoms with Gasteiger partial charge >= 0.3 is 0 Å². The van der Waals surface area contributed by atoms with Crippen LogP contribution in [0.3, 0.4) is 0 Å². The maximum absolute atomic E-state index is 5.71. The lowest BCUT2D eigenvalue weighted by Crippen LogP contribution is -2.11. The Bertz CT molecular complexity index is 500. The first-order chi connectivity index (χ1) is 7.77. The Morgan fingerprint density at radius 1 is 1.38 bits per heavy atom. The molecular weight excluding hydrogens is 196 g/mol. The van der Waals surface area contributed by atoms with Crippen molar-refractivity contribution < 1.29 is 4.74 Å². The van der Waals surface area contributed by atoms with Crippen LogP contribution in [-0.2, 0) is 0 Å². The summed E-state index contributed by atoms with van der Waals surface area (Å²) in [6, 6.07) is 8.01. The fourth-order valence-electron chi connectivity index (χ4n) is 1.98. The van der Waals surface area contributed by atoms with Gasteiger partial charge in [0.05, 0.1) is 0 Å². The molecule has 1 heterocycles. The average molecular weight is 210 g/mol. The first-order valence-electron chi connectivity index (χ1n) is 5.38. The second-order valence-corrected chi connectivity index (χ2v) is 3.79. The molecule has 0 saturated heterocycles. The van der Waals surface area contributed by atoms with Crippen LogP contribution in [0, 0.1) is 12.3 Å². The SMILES string of the molecule is C#CC1=C(C=CC)C(C)c2ccccc2O1. The molecule has 0 aromatic heterocycles. The van der Waals surface area contributed by atoms with Gasteiger partial charge in [-0.05, 0) is 18.9 Å². The summed E-state index contributed by atoms with van der Waals surface area (Å²) in [6.07, 6.45) is 9.49. The Morgan fingerprint density at radius 3 is 2.81 bits per heavy atom. The highest BCUT2D eigenvalue weighted by Crippen LogP contribution is 2.38. The fraction of sp³-hybridized carbons (Fsp3) is 0.200. The van der Waals surface area contributed by atoms with E-state index in [9.17, 15) is 0 Å². The van der Waals surface area contributed by atoms with Crippen LogP contribution in [0.4, 0.5) is 0 Å². The number of allylic oxidation sites excluding steroid dienone is 4. The summed E-state index contributed by atoms with van der Waals surface area (Å²) < 4.78 is 5.71. The predicted octanol–water partition coefficient (Wildman–Crippen LogP) is 3.65. The lowest BCUT2D eigenvalue weighted by Gasteiger charge is -2.24. The van der Waals surface area contributed by atoms with E-state index >= 15 is 0 Å². The Morgan fingerprint density at radius 2 is 2.12 bits per heavy atom. The highest BCUT2D eigenvalue weighted by molar-refractivity contribution is 5.51. The lowest BCUT2D eigenvalue weighted by atomic mass is 9.89. The second-order valence-electron chi connectivity index (χ2n) is 3.79. The van der Waals surface area contributed by atoms with Gasteiger partial charge in [-0.3, -0.25) is 0 Å². The molecule has 0 amide bonds. The van der Waals surface area contributed by atoms with Gasteiger partial charge in [-0.15, -0.1) is 6.42 Å². The third-order valence-electron chi connectivity index (χ3n) is 2.80. The summed E-state index contributed by atoms with van der Waals surface area (Å²) in [7, 11) is 0. The van der Waals surface area contributed by atoms with Crippen molar-refractivity contribution >= 4 is 0 Å². The first kappa shape index (κ1) is 10.6. The minimum absolute atomic E-state index is 0.284. The van der Waals surface area contributed by atoms with E-state index in [4.69, 9.17) is 11.2 Å². The zero-order valence-electron chi connectivity index (χ0n) is 9.53. The van der Waals surface area contributed by atoms with Gasteiger partial charge in [0, 0.05) is 17.1 Å². The third kappa shape index (κ3) is 1.63. The van der Waals surface area contributed by atoms with E-state index in [1.165, 1.54) is 5.56 Å². The minimum atomic E-state index is 0.284. The van der Waals surface area contributed by atoms with Crippen molar-refractivity contribution in [1.29, 1.82) is 0 Å². The number of para-hydroxylation sites is 1. The second kappa shape index (κ2) is 4.28. The Labute approximate surface area is 96.4 Å². The Hall–Kier alpha value is -1.94. The molecule has 0 N–H and O–H groups in total. The van der Waals surface area contributed by atoms with Gasteiger partial charge in [-0.2, -0.15) is 0 Å². The zero-order chi connectivity index (χ0) is 11.5. The molecule has 1 aromatic rings. The van der Waals surface area contributed by atoms with Crippen LogP contribution in [0.5, 0.6) is 5.75 Å². The van der Waals surface area contributed by atoms with E-state index < -0.39 is 0 Å². The number of rotatable bonds is 1. The minimum Gasteiger partial charge on any atom is -0.448 e. The van der Waals surface area contributed by atoms with Gasteiger partial charge in [0.1, 0.15) is 5.75 Å². The Balaban J connectivity index is 2.54. The van der Waals surface area contributed by atoms with Crippen molar-refractivity contribution in [2.24, 2.45) is 0 Å². The van der Waals surface area contributed by atoms with Gasteiger partial charge in [0.15, 0.2) is 5.76 Å². The van der Waals surface area contributed by atoms with Crippen molar-refractivity contribution in [3.05, 3.63) is 53.3 Å². The molecule has 0 radical (unpaired) electrons. The first-order valence-corrected chi connectivity index (χ1v) is 5.38. The topological polar surface area (TPSA) is 9.23 Å². The average Bonchev–Trinajstić information content (AvgIpc) is 2.33. The molecule has 1 aliphatic rings. The third-order valence-corrected chi connectivity index (χ3v) is 2.80. The Kier molecular flexibility index (Phi) is 2.83. The monoisotopic (exact) mass is 210 g/mol. The van der Waals surface area contributed by atoms with Crippen LogP contribution in [0.2, 0.25) is 0 Å². The van der Waals surface area contributed by atoms with Crippen molar-refractivity contribution in [2.75, 3.05) is 0 Å². The molecular formula is C15H14O. The molecule has 1 atom stereocenters. The van der Waals surface area contributed by atoms with E-state index in [1.807, 2.05) is 37.3 Å². The zero-order valence-corrected chi connectivity index (χ0v) is 9.53. The van der Waals surface area contributed by atoms with Gasteiger partial charge in [-0.25, -0.2) is 0 Å². The molecule has 2 rings (SSSR count). The summed E-state index contributed by atoms with van der Waals surface area (Å²) in [5.41, 5.74) is 2.26. The highest BCUT2D eigenvalue weighted by Gasteiger charge is 2.23. The fourth-order valence-corrected chi connectivity index (χ4v) is 1.98. The van der Waals surface area contributed by atoms with E-state index in [-0.39, 0.29) is 5.92 Å². The van der Waals surface area contributed by atoms with Gasteiger partial charge in [0.2, 0.25) is 0 Å². The molecule has 0 fully saturated rings. The summed E-state index contributed by atoms with van der Waals surface area (Å²) in [4.78, 5) is 0. The predicted molar refractivity (Wildman–Crippen MR) is 66.2 cm³/mol. The molecule has 1 nitrogen and oxygen atoms in total. The van der Waals surface area contributed by atoms with E-state index in [2.05, 4.69) is 18.9 Å². The van der Waals surface area contributed by atoms with Crippen LogP contribution in [-0.4, -0.2) is 0 Å². The number of hydrogen-bond donors (Lipinski definition) is 0. The molecule has 16 heavy (non-hydrogen) atoms. The molecule has 0 spiro atoms. The normalized spacial score (nSPS) is 19.2. The van der Waals surface area contributed by atoms with Crippen LogP contribution >= 0.6 is 0 Å². The van der Waals surface area contributed by atoms with E-state index in [0.717, 1.165) is 11.3 Å². The molecule has 80 valence electrons. The summed E-state index contributed by atoms with van der Waals surface area (Å²) in [5.74, 6) is 4.40. The number of ether oxygens (including phenoxy) is 1. The molecule has 0 aliphatic carbocycles. The highest BCUT2D eigenvalue weighted by atomic mass is 16.5. The smallest absolute Gasteiger partial charge is 0.180 e. The number of benzene rings is 1. The number of hydrogen-bond acceptors (Lipinski definition) is 1. The van der Waals surface area contributed by atoms with Crippen LogP contribution in [0.15, 0.2) is 47.7 Å². The molecule has 1 aromatic carbocycles. The number of terminal acetylenes is 1. The standard InChI is InChI=1S/C15H14O/c1-4-8-12-11(3)13-9-6-7-10-15(13)16-14(12)5-2/h2,4,6-11H,1,3H3. The molecule has 0 saturated carbocycles. The van der Waals surface area contributed by atoms with Crippen molar-refractivity contribution in [2.45, 2.75) is 19.8 Å². The van der Waals surface area contributed by atoms with Gasteiger partial charge in [-0.1, -0.05) is 37.3 Å². The van der Waals surface area contributed by atoms with Crippen LogP contribution < -0.4 is 4.74 Å². The molecule has 1 unspecified atom stereocenters. The largest absolute Gasteiger partial charge is 0.448 e. The van der Waals surface area contributed by atoms with Gasteiger partial charge < -0.3 is 4.74 Å². The summed E-state index contributed by atoms with van der Waals surface area (Å²) >= 11 is 0. The van der Waals surface area contributed by atoms with Gasteiger partial charge in [0.25, 0.3) is 0 Å². The molecule has 1 aliphatic heterocycles. The van der Waals surface area contributed by atoms with E-state index in [0.29, 0.717) is 5.76 Å². The molecule has 0 bridgehead atoms. The maximum Gasteiger partial charge on any atom is 0.180 e. The summed E-state index contributed by atoms with van der Waals surface area (Å²) in [6.45, 7) is 4.13. The molecule has 1 heteroatoms. The quantitative estimate of drug-likeness (QED) is 0.643. The summed E-state index contributed by atoms with van der Waals surface area (Å²) in [5, 5.41) is 0.